The highest BCUT2D eigenvalue weighted by Crippen LogP contribution is 2.35. The second kappa shape index (κ2) is 8.67. The third-order valence-electron chi connectivity index (χ3n) is 4.74. The van der Waals surface area contributed by atoms with Crippen LogP contribution in [0.3, 0.4) is 0 Å². The van der Waals surface area contributed by atoms with Crippen molar-refractivity contribution < 1.29 is 8.78 Å². The molecule has 1 aromatic rings. The maximum absolute atomic E-state index is 13.3. The van der Waals surface area contributed by atoms with Gasteiger partial charge in [-0.2, -0.15) is 0 Å². The molecule has 2 rings (SSSR count). The summed E-state index contributed by atoms with van der Waals surface area (Å²) in [5, 5.41) is 0. The van der Waals surface area contributed by atoms with Gasteiger partial charge in [0, 0.05) is 8.80 Å². The lowest BCUT2D eigenvalue weighted by Crippen LogP contribution is -2.20. The molecule has 1 saturated heterocycles. The zero-order valence-electron chi connectivity index (χ0n) is 13.1. The highest BCUT2D eigenvalue weighted by atomic mass is 28.3. The van der Waals surface area contributed by atoms with Crippen LogP contribution in [-0.4, -0.2) is 8.80 Å². The van der Waals surface area contributed by atoms with Gasteiger partial charge in [-0.15, -0.1) is 0 Å². The quantitative estimate of drug-likeness (QED) is 0.409. The molecule has 1 aliphatic rings. The van der Waals surface area contributed by atoms with Crippen molar-refractivity contribution in [2.45, 2.75) is 75.9 Å². The van der Waals surface area contributed by atoms with E-state index in [1.54, 1.807) is 6.07 Å². The van der Waals surface area contributed by atoms with Crippen molar-refractivity contribution in [1.82, 2.24) is 0 Å². The van der Waals surface area contributed by atoms with Crippen molar-refractivity contribution >= 4 is 8.80 Å². The van der Waals surface area contributed by atoms with E-state index in [1.165, 1.54) is 75.2 Å². The van der Waals surface area contributed by atoms with Crippen LogP contribution in [0.5, 0.6) is 0 Å². The van der Waals surface area contributed by atoms with Crippen LogP contribution in [0.25, 0.3) is 0 Å². The van der Waals surface area contributed by atoms with E-state index >= 15 is 0 Å². The minimum Gasteiger partial charge on any atom is -0.204 e. The summed E-state index contributed by atoms with van der Waals surface area (Å²) in [7, 11) is -0.161. The van der Waals surface area contributed by atoms with Crippen molar-refractivity contribution in [2.24, 2.45) is 0 Å². The molecule has 1 fully saturated rings. The van der Waals surface area contributed by atoms with Gasteiger partial charge in [-0.3, -0.25) is 0 Å². The second-order valence-corrected chi connectivity index (χ2v) is 9.36. The zero-order valence-corrected chi connectivity index (χ0v) is 14.1. The average molecular weight is 309 g/mol. The summed E-state index contributed by atoms with van der Waals surface area (Å²) in [6.07, 6.45) is 9.23. The predicted molar refractivity (Wildman–Crippen MR) is 87.3 cm³/mol. The van der Waals surface area contributed by atoms with Crippen LogP contribution in [0, 0.1) is 11.6 Å². The van der Waals surface area contributed by atoms with Gasteiger partial charge >= 0.3 is 0 Å². The minimum absolute atomic E-state index is 0.161. The van der Waals surface area contributed by atoms with E-state index in [0.717, 1.165) is 5.56 Å². The molecule has 1 aliphatic heterocycles. The number of hydrogen-bond acceptors (Lipinski definition) is 0. The maximum atomic E-state index is 13.3. The van der Waals surface area contributed by atoms with Gasteiger partial charge in [-0.1, -0.05) is 63.2 Å². The van der Waals surface area contributed by atoms with E-state index < -0.39 is 11.6 Å². The number of rotatable bonds is 7. The molecule has 1 heterocycles. The Morgan fingerprint density at radius 3 is 2.38 bits per heavy atom. The van der Waals surface area contributed by atoms with E-state index in [9.17, 15) is 8.78 Å². The van der Waals surface area contributed by atoms with Crippen LogP contribution in [0.4, 0.5) is 8.78 Å². The molecular weight excluding hydrogens is 282 g/mol. The lowest BCUT2D eigenvalue weighted by Gasteiger charge is -2.27. The predicted octanol–water partition coefficient (Wildman–Crippen LogP) is 6.31. The first-order valence-electron chi connectivity index (χ1n) is 8.49. The van der Waals surface area contributed by atoms with Crippen molar-refractivity contribution in [3.8, 4) is 0 Å². The third-order valence-corrected chi connectivity index (χ3v) is 7.79. The molecule has 0 N–H and O–H groups in total. The molecule has 0 unspecified atom stereocenters. The Labute approximate surface area is 129 Å². The molecule has 0 bridgehead atoms. The number of unbranched alkanes of at least 4 members (excludes halogenated alkanes) is 4. The fourth-order valence-electron chi connectivity index (χ4n) is 3.35. The molecule has 3 heteroatoms. The Balaban J connectivity index is 1.71. The molecule has 0 aliphatic carbocycles. The normalized spacial score (nSPS) is 17.3. The van der Waals surface area contributed by atoms with Crippen molar-refractivity contribution in [3.63, 3.8) is 0 Å². The Morgan fingerprint density at radius 2 is 1.71 bits per heavy atom. The zero-order chi connectivity index (χ0) is 15.1. The topological polar surface area (TPSA) is 0 Å². The molecule has 0 amide bonds. The summed E-state index contributed by atoms with van der Waals surface area (Å²) < 4.78 is 26.3. The maximum Gasteiger partial charge on any atom is 0.159 e. The molecule has 0 atom stereocenters. The molecule has 1 aromatic carbocycles. The van der Waals surface area contributed by atoms with E-state index in [0.29, 0.717) is 5.92 Å². The van der Waals surface area contributed by atoms with E-state index in [2.05, 4.69) is 6.92 Å². The summed E-state index contributed by atoms with van der Waals surface area (Å²) in [5.41, 5.74) is 0.998. The first-order chi connectivity index (χ1) is 10.2. The molecular formula is C18H27F2Si. The first kappa shape index (κ1) is 16.7. The van der Waals surface area contributed by atoms with Crippen LogP contribution in [-0.2, 0) is 0 Å². The Morgan fingerprint density at radius 1 is 1.00 bits per heavy atom. The minimum atomic E-state index is -0.730. The van der Waals surface area contributed by atoms with Gasteiger partial charge in [0.1, 0.15) is 0 Å². The molecule has 0 aromatic heterocycles. The van der Waals surface area contributed by atoms with Crippen LogP contribution >= 0.6 is 0 Å². The van der Waals surface area contributed by atoms with E-state index in [4.69, 9.17) is 0 Å². The summed E-state index contributed by atoms with van der Waals surface area (Å²) >= 11 is 0. The summed E-state index contributed by atoms with van der Waals surface area (Å²) in [4.78, 5) is 0. The monoisotopic (exact) mass is 309 g/mol. The van der Waals surface area contributed by atoms with Gasteiger partial charge < -0.3 is 0 Å². The Kier molecular flexibility index (Phi) is 6.88. The lowest BCUT2D eigenvalue weighted by molar-refractivity contribution is 0.502. The molecule has 1 radical (unpaired) electrons. The Hall–Kier alpha value is -0.703. The van der Waals surface area contributed by atoms with Gasteiger partial charge in [0.25, 0.3) is 0 Å². The van der Waals surface area contributed by atoms with E-state index in [1.807, 2.05) is 0 Å². The molecule has 0 spiro atoms. The molecule has 117 valence electrons. The van der Waals surface area contributed by atoms with Crippen molar-refractivity contribution in [3.05, 3.63) is 35.4 Å². The van der Waals surface area contributed by atoms with Crippen LogP contribution < -0.4 is 0 Å². The highest BCUT2D eigenvalue weighted by molar-refractivity contribution is 6.59. The van der Waals surface area contributed by atoms with Crippen LogP contribution in [0.1, 0.15) is 63.4 Å². The van der Waals surface area contributed by atoms with Gasteiger partial charge in [0.05, 0.1) is 0 Å². The third kappa shape index (κ3) is 5.21. The number of halogens is 2. The molecule has 0 nitrogen and oxygen atoms in total. The van der Waals surface area contributed by atoms with Crippen molar-refractivity contribution in [2.75, 3.05) is 0 Å². The average Bonchev–Trinajstić information content (AvgIpc) is 2.50. The molecule has 0 saturated carbocycles. The largest absolute Gasteiger partial charge is 0.204 e. The van der Waals surface area contributed by atoms with Gasteiger partial charge in [0.15, 0.2) is 11.6 Å². The van der Waals surface area contributed by atoms with E-state index in [-0.39, 0.29) is 8.80 Å². The first-order valence-corrected chi connectivity index (χ1v) is 10.6. The summed E-state index contributed by atoms with van der Waals surface area (Å²) in [6.45, 7) is 2.26. The highest BCUT2D eigenvalue weighted by Gasteiger charge is 2.23. The van der Waals surface area contributed by atoms with Crippen molar-refractivity contribution in [1.29, 1.82) is 0 Å². The Bertz CT molecular complexity index is 425. The standard InChI is InChI=1S/C18H27F2Si/c1-2-3-4-5-6-11-21-12-9-15(10-13-21)16-7-8-17(19)18(20)14-16/h7-8,14-15H,2-6,9-13H2,1H3. The van der Waals surface area contributed by atoms with Gasteiger partial charge in [0.2, 0.25) is 0 Å². The fraction of sp³-hybridized carbons (Fsp3) is 0.667. The second-order valence-electron chi connectivity index (χ2n) is 6.36. The fourth-order valence-corrected chi connectivity index (χ4v) is 6.37. The SMILES string of the molecule is CCCCCCC[Si]1CCC(c2ccc(F)c(F)c2)CC1. The lowest BCUT2D eigenvalue weighted by atomic mass is 9.93. The van der Waals surface area contributed by atoms with Gasteiger partial charge in [-0.25, -0.2) is 8.78 Å². The van der Waals surface area contributed by atoms with Crippen LogP contribution in [0.15, 0.2) is 18.2 Å². The smallest absolute Gasteiger partial charge is 0.159 e. The van der Waals surface area contributed by atoms with Gasteiger partial charge in [-0.05, 0) is 36.5 Å². The number of benzene rings is 1. The summed E-state index contributed by atoms with van der Waals surface area (Å²) in [5.74, 6) is -0.972. The molecule has 21 heavy (non-hydrogen) atoms. The summed E-state index contributed by atoms with van der Waals surface area (Å²) in [6, 6.07) is 8.61. The number of hydrogen-bond donors (Lipinski definition) is 0. The van der Waals surface area contributed by atoms with Crippen LogP contribution in [0.2, 0.25) is 18.1 Å².